The summed E-state index contributed by atoms with van der Waals surface area (Å²) in [6.07, 6.45) is 2.55. The van der Waals surface area contributed by atoms with Crippen LogP contribution in [0.15, 0.2) is 0 Å². The molecular formula is C8H16O2S. The fraction of sp³-hybridized carbons (Fsp3) is 0.875. The van der Waals surface area contributed by atoms with E-state index in [1.165, 1.54) is 0 Å². The molecule has 0 heterocycles. The largest absolute Gasteiger partial charge is 0.368 e. The molecule has 0 aromatic rings. The van der Waals surface area contributed by atoms with Gasteiger partial charge in [-0.2, -0.15) is 0 Å². The van der Waals surface area contributed by atoms with Gasteiger partial charge in [-0.05, 0) is 26.7 Å². The zero-order chi connectivity index (χ0) is 8.69. The van der Waals surface area contributed by atoms with E-state index < -0.39 is 0 Å². The molecule has 0 aromatic carbocycles. The average Bonchev–Trinajstić information content (AvgIpc) is 1.85. The smallest absolute Gasteiger partial charge is 0.129 e. The van der Waals surface area contributed by atoms with Crippen LogP contribution in [-0.2, 0) is 9.53 Å². The number of hydrogen-bond acceptors (Lipinski definition) is 3. The van der Waals surface area contributed by atoms with E-state index in [0.717, 1.165) is 12.8 Å². The summed E-state index contributed by atoms with van der Waals surface area (Å²) in [6.45, 7) is 4.20. The lowest BCUT2D eigenvalue weighted by molar-refractivity contribution is -0.117. The molecule has 11 heavy (non-hydrogen) atoms. The number of thiol groups is 1. The highest BCUT2D eigenvalue weighted by molar-refractivity contribution is 7.80. The van der Waals surface area contributed by atoms with Crippen LogP contribution in [0.1, 0.15) is 33.1 Å². The van der Waals surface area contributed by atoms with Crippen LogP contribution in [0.4, 0.5) is 0 Å². The van der Waals surface area contributed by atoms with Gasteiger partial charge in [0.1, 0.15) is 5.78 Å². The van der Waals surface area contributed by atoms with Crippen molar-refractivity contribution < 1.29 is 9.53 Å². The maximum Gasteiger partial charge on any atom is 0.129 e. The molecule has 0 saturated heterocycles. The fourth-order valence-corrected chi connectivity index (χ4v) is 0.835. The summed E-state index contributed by atoms with van der Waals surface area (Å²) in [4.78, 5) is 10.5. The first-order valence-electron chi connectivity index (χ1n) is 3.92. The first kappa shape index (κ1) is 11.0. The van der Waals surface area contributed by atoms with Crippen LogP contribution < -0.4 is 0 Å². The van der Waals surface area contributed by atoms with Gasteiger partial charge in [-0.1, -0.05) is 0 Å². The Morgan fingerprint density at radius 1 is 1.55 bits per heavy atom. The Bertz CT molecular complexity index is 113. The second-order valence-corrected chi connectivity index (χ2v) is 3.36. The Morgan fingerprint density at radius 2 is 2.18 bits per heavy atom. The molecule has 0 aliphatic carbocycles. The quantitative estimate of drug-likeness (QED) is 0.381. The standard InChI is InChI=1S/C8H16O2S/c1-7(9)5-3-4-6-10-8(2)11/h8,11H,3-6H2,1-2H3. The molecule has 0 saturated carbocycles. The Balaban J connectivity index is 2.97. The third-order valence-electron chi connectivity index (χ3n) is 1.28. The number of Topliss-reactive ketones (excluding diaryl/α,β-unsaturated/α-hetero) is 1. The van der Waals surface area contributed by atoms with E-state index in [4.69, 9.17) is 4.74 Å². The molecule has 0 N–H and O–H groups in total. The number of carbonyl (C=O) groups is 1. The summed E-state index contributed by atoms with van der Waals surface area (Å²) < 4.78 is 5.18. The van der Waals surface area contributed by atoms with E-state index in [1.54, 1.807) is 6.92 Å². The van der Waals surface area contributed by atoms with Gasteiger partial charge >= 0.3 is 0 Å². The molecule has 0 fully saturated rings. The normalized spacial score (nSPS) is 13.0. The van der Waals surface area contributed by atoms with Crippen LogP contribution in [0.2, 0.25) is 0 Å². The number of hydrogen-bond donors (Lipinski definition) is 1. The lowest BCUT2D eigenvalue weighted by Crippen LogP contribution is -2.01. The predicted molar refractivity (Wildman–Crippen MR) is 48.9 cm³/mol. The maximum absolute atomic E-state index is 10.5. The Labute approximate surface area is 73.7 Å². The maximum atomic E-state index is 10.5. The van der Waals surface area contributed by atoms with E-state index in [2.05, 4.69) is 12.6 Å². The molecule has 0 spiro atoms. The van der Waals surface area contributed by atoms with Gasteiger partial charge in [-0.3, -0.25) is 0 Å². The van der Waals surface area contributed by atoms with Crippen molar-refractivity contribution >= 4 is 18.4 Å². The zero-order valence-corrected chi connectivity index (χ0v) is 8.06. The summed E-state index contributed by atoms with van der Waals surface area (Å²) in [7, 11) is 0. The lowest BCUT2D eigenvalue weighted by atomic mass is 10.2. The topological polar surface area (TPSA) is 26.3 Å². The third kappa shape index (κ3) is 9.98. The first-order chi connectivity index (χ1) is 5.13. The first-order valence-corrected chi connectivity index (χ1v) is 4.43. The minimum Gasteiger partial charge on any atom is -0.368 e. The molecule has 0 radical (unpaired) electrons. The minimum atomic E-state index is 0.00679. The van der Waals surface area contributed by atoms with Crippen LogP contribution >= 0.6 is 12.6 Å². The lowest BCUT2D eigenvalue weighted by Gasteiger charge is -2.04. The van der Waals surface area contributed by atoms with E-state index in [1.807, 2.05) is 6.92 Å². The van der Waals surface area contributed by atoms with Crippen molar-refractivity contribution in [3.63, 3.8) is 0 Å². The van der Waals surface area contributed by atoms with E-state index in [-0.39, 0.29) is 11.2 Å². The predicted octanol–water partition coefficient (Wildman–Crippen LogP) is 2.04. The van der Waals surface area contributed by atoms with Gasteiger partial charge in [0.2, 0.25) is 0 Å². The minimum absolute atomic E-state index is 0.00679. The van der Waals surface area contributed by atoms with Crippen molar-refractivity contribution in [3.8, 4) is 0 Å². The SMILES string of the molecule is CC(=O)CCCCOC(C)S. The van der Waals surface area contributed by atoms with Crippen molar-refractivity contribution in [3.05, 3.63) is 0 Å². The Kier molecular flexibility index (Phi) is 6.66. The number of ketones is 1. The molecule has 1 atom stereocenters. The van der Waals surface area contributed by atoms with Crippen molar-refractivity contribution in [1.29, 1.82) is 0 Å². The van der Waals surface area contributed by atoms with Crippen molar-refractivity contribution in [2.24, 2.45) is 0 Å². The molecule has 0 aliphatic heterocycles. The van der Waals surface area contributed by atoms with Gasteiger partial charge in [0.15, 0.2) is 0 Å². The Hall–Kier alpha value is -0.0200. The number of unbranched alkanes of at least 4 members (excludes halogenated alkanes) is 1. The summed E-state index contributed by atoms with van der Waals surface area (Å²) in [5.41, 5.74) is 0.00679. The summed E-state index contributed by atoms with van der Waals surface area (Å²) in [6, 6.07) is 0. The molecule has 0 aromatic heterocycles. The molecule has 0 aliphatic rings. The highest BCUT2D eigenvalue weighted by atomic mass is 32.1. The number of carbonyl (C=O) groups excluding carboxylic acids is 1. The van der Waals surface area contributed by atoms with Crippen molar-refractivity contribution in [2.45, 2.75) is 38.5 Å². The van der Waals surface area contributed by atoms with Crippen molar-refractivity contribution in [2.75, 3.05) is 6.61 Å². The number of ether oxygens (including phenoxy) is 1. The molecular weight excluding hydrogens is 160 g/mol. The second-order valence-electron chi connectivity index (χ2n) is 2.63. The van der Waals surface area contributed by atoms with Gasteiger partial charge in [-0.25, -0.2) is 0 Å². The van der Waals surface area contributed by atoms with Crippen LogP contribution in [0.25, 0.3) is 0 Å². The summed E-state index contributed by atoms with van der Waals surface area (Å²) >= 11 is 4.05. The van der Waals surface area contributed by atoms with Crippen LogP contribution in [0, 0.1) is 0 Å². The zero-order valence-electron chi connectivity index (χ0n) is 7.17. The third-order valence-corrected chi connectivity index (χ3v) is 1.43. The van der Waals surface area contributed by atoms with Crippen LogP contribution in [0.5, 0.6) is 0 Å². The number of rotatable bonds is 6. The van der Waals surface area contributed by atoms with E-state index >= 15 is 0 Å². The molecule has 0 amide bonds. The van der Waals surface area contributed by atoms with Gasteiger partial charge in [0.05, 0.1) is 5.44 Å². The molecule has 0 rings (SSSR count). The van der Waals surface area contributed by atoms with E-state index in [0.29, 0.717) is 13.0 Å². The second kappa shape index (κ2) is 6.68. The highest BCUT2D eigenvalue weighted by Gasteiger charge is 1.95. The van der Waals surface area contributed by atoms with Crippen LogP contribution in [0.3, 0.4) is 0 Å². The molecule has 0 bridgehead atoms. The Morgan fingerprint density at radius 3 is 2.64 bits per heavy atom. The van der Waals surface area contributed by atoms with Crippen molar-refractivity contribution in [1.82, 2.24) is 0 Å². The van der Waals surface area contributed by atoms with E-state index in [9.17, 15) is 4.79 Å². The fourth-order valence-electron chi connectivity index (χ4n) is 0.730. The highest BCUT2D eigenvalue weighted by Crippen LogP contribution is 2.00. The van der Waals surface area contributed by atoms with Gasteiger partial charge in [-0.15, -0.1) is 12.6 Å². The van der Waals surface area contributed by atoms with Crippen LogP contribution in [-0.4, -0.2) is 17.8 Å². The summed E-state index contributed by atoms with van der Waals surface area (Å²) in [5, 5.41) is 0. The summed E-state index contributed by atoms with van der Waals surface area (Å²) in [5.74, 6) is 0.254. The van der Waals surface area contributed by atoms with Gasteiger partial charge in [0.25, 0.3) is 0 Å². The molecule has 66 valence electrons. The average molecular weight is 176 g/mol. The molecule has 1 unspecified atom stereocenters. The van der Waals surface area contributed by atoms with Gasteiger partial charge < -0.3 is 9.53 Å². The molecule has 2 nitrogen and oxygen atoms in total. The van der Waals surface area contributed by atoms with Gasteiger partial charge in [0, 0.05) is 13.0 Å². The monoisotopic (exact) mass is 176 g/mol. The molecule has 3 heteroatoms.